The summed E-state index contributed by atoms with van der Waals surface area (Å²) < 4.78 is 11.2. The van der Waals surface area contributed by atoms with E-state index in [1.165, 1.54) is 36.8 Å². The van der Waals surface area contributed by atoms with E-state index in [4.69, 9.17) is 14.3 Å². The number of hydrogen-bond acceptors (Lipinski definition) is 4. The molecule has 228 valence electrons. The molecule has 0 fully saturated rings. The SMILES string of the molecule is CC.CC.CC.CCCOCc1cccc(CCCC(C)(C)CC)c1.CCCOc1cccc(ONC)c1C. The van der Waals surface area contributed by atoms with E-state index in [0.717, 1.165) is 49.7 Å². The maximum atomic E-state index is 5.60. The first-order valence-corrected chi connectivity index (χ1v) is 15.6. The van der Waals surface area contributed by atoms with Crippen molar-refractivity contribution in [2.24, 2.45) is 5.41 Å². The zero-order valence-corrected chi connectivity index (χ0v) is 28.1. The molecular formula is C35H65NO3. The van der Waals surface area contributed by atoms with Crippen molar-refractivity contribution >= 4 is 0 Å². The van der Waals surface area contributed by atoms with Gasteiger partial charge in [-0.15, -0.1) is 0 Å². The fourth-order valence-electron chi connectivity index (χ4n) is 3.34. The normalized spacial score (nSPS) is 9.77. The number of hydroxylamine groups is 1. The lowest BCUT2D eigenvalue weighted by Crippen LogP contribution is -2.12. The average molecular weight is 548 g/mol. The Hall–Kier alpha value is -2.04. The van der Waals surface area contributed by atoms with Gasteiger partial charge in [-0.2, -0.15) is 5.48 Å². The van der Waals surface area contributed by atoms with Gasteiger partial charge in [0.25, 0.3) is 0 Å². The molecule has 2 aromatic carbocycles. The molecule has 0 saturated heterocycles. The van der Waals surface area contributed by atoms with Gasteiger partial charge < -0.3 is 14.3 Å². The lowest BCUT2D eigenvalue weighted by molar-refractivity contribution is 0.121. The highest BCUT2D eigenvalue weighted by Crippen LogP contribution is 2.27. The van der Waals surface area contributed by atoms with Crippen LogP contribution >= 0.6 is 0 Å². The Kier molecular flexibility index (Phi) is 30.8. The summed E-state index contributed by atoms with van der Waals surface area (Å²) in [6.07, 6.45) is 7.13. The molecule has 0 aromatic heterocycles. The first-order chi connectivity index (χ1) is 18.9. The second-order valence-corrected chi connectivity index (χ2v) is 9.28. The van der Waals surface area contributed by atoms with Crippen LogP contribution in [0.25, 0.3) is 0 Å². The van der Waals surface area contributed by atoms with Crippen molar-refractivity contribution in [3.8, 4) is 11.5 Å². The third-order valence-corrected chi connectivity index (χ3v) is 5.79. The lowest BCUT2D eigenvalue weighted by Gasteiger charge is -2.22. The number of hydrogen-bond donors (Lipinski definition) is 1. The van der Waals surface area contributed by atoms with Crippen LogP contribution in [0.1, 0.15) is 125 Å². The molecule has 0 heterocycles. The molecule has 2 rings (SSSR count). The summed E-state index contributed by atoms with van der Waals surface area (Å²) in [7, 11) is 1.74. The van der Waals surface area contributed by atoms with Crippen molar-refractivity contribution in [2.75, 3.05) is 20.3 Å². The largest absolute Gasteiger partial charge is 0.493 e. The van der Waals surface area contributed by atoms with E-state index in [-0.39, 0.29) is 0 Å². The van der Waals surface area contributed by atoms with E-state index in [0.29, 0.717) is 5.41 Å². The fraction of sp³-hybridized carbons (Fsp3) is 0.657. The third-order valence-electron chi connectivity index (χ3n) is 5.79. The van der Waals surface area contributed by atoms with Crippen LogP contribution < -0.4 is 15.1 Å². The van der Waals surface area contributed by atoms with Gasteiger partial charge in [-0.25, -0.2) is 0 Å². The Morgan fingerprint density at radius 1 is 0.769 bits per heavy atom. The van der Waals surface area contributed by atoms with Crippen molar-refractivity contribution < 1.29 is 14.3 Å². The Morgan fingerprint density at radius 3 is 1.90 bits per heavy atom. The third kappa shape index (κ3) is 21.5. The Bertz CT molecular complexity index is 774. The molecule has 0 unspecified atom stereocenters. The quantitative estimate of drug-likeness (QED) is 0.189. The molecule has 0 spiro atoms. The van der Waals surface area contributed by atoms with E-state index in [1.54, 1.807) is 7.05 Å². The predicted molar refractivity (Wildman–Crippen MR) is 174 cm³/mol. The van der Waals surface area contributed by atoms with Gasteiger partial charge in [0.15, 0.2) is 5.75 Å². The van der Waals surface area contributed by atoms with E-state index in [9.17, 15) is 0 Å². The highest BCUT2D eigenvalue weighted by atomic mass is 16.6. The first kappa shape index (κ1) is 41.4. The second-order valence-electron chi connectivity index (χ2n) is 9.28. The van der Waals surface area contributed by atoms with Crippen molar-refractivity contribution in [3.05, 3.63) is 59.2 Å². The maximum absolute atomic E-state index is 5.60. The van der Waals surface area contributed by atoms with Crippen LogP contribution in [-0.4, -0.2) is 20.3 Å². The summed E-state index contributed by atoms with van der Waals surface area (Å²) in [6, 6.07) is 14.6. The van der Waals surface area contributed by atoms with Gasteiger partial charge in [-0.3, -0.25) is 0 Å². The minimum atomic E-state index is 0.488. The monoisotopic (exact) mass is 547 g/mol. The van der Waals surface area contributed by atoms with Crippen LogP contribution in [-0.2, 0) is 17.8 Å². The molecule has 4 nitrogen and oxygen atoms in total. The van der Waals surface area contributed by atoms with Crippen molar-refractivity contribution in [3.63, 3.8) is 0 Å². The lowest BCUT2D eigenvalue weighted by atomic mass is 9.84. The molecular weight excluding hydrogens is 482 g/mol. The molecule has 0 saturated carbocycles. The average Bonchev–Trinajstić information content (AvgIpc) is 2.97. The van der Waals surface area contributed by atoms with Crippen LogP contribution in [0.3, 0.4) is 0 Å². The molecule has 1 N–H and O–H groups in total. The molecule has 2 aromatic rings. The molecule has 0 amide bonds. The van der Waals surface area contributed by atoms with Gasteiger partial charge in [-0.1, -0.05) is 113 Å². The van der Waals surface area contributed by atoms with Crippen molar-refractivity contribution in [1.82, 2.24) is 5.48 Å². The summed E-state index contributed by atoms with van der Waals surface area (Å²) in [5.74, 6) is 1.70. The standard InChI is InChI=1S/C18H30O.C11H17NO2.3C2H6/c1-5-13-19-15-17-10-7-9-16(14-17)11-8-12-18(3,4)6-2;1-4-8-13-10-6-5-7-11(9(10)2)14-12-3;3*1-2/h7,9-10,14H,5-6,8,11-13,15H2,1-4H3;5-7,12H,4,8H2,1-3H3;3*1-2H3. The van der Waals surface area contributed by atoms with Gasteiger partial charge in [0.05, 0.1) is 13.2 Å². The summed E-state index contributed by atoms with van der Waals surface area (Å²) in [5.41, 5.74) is 6.92. The minimum Gasteiger partial charge on any atom is -0.493 e. The Labute approximate surface area is 244 Å². The highest BCUT2D eigenvalue weighted by Gasteiger charge is 2.14. The first-order valence-electron chi connectivity index (χ1n) is 15.6. The van der Waals surface area contributed by atoms with Gasteiger partial charge in [-0.05, 0) is 67.7 Å². The molecule has 0 bridgehead atoms. The van der Waals surface area contributed by atoms with Gasteiger partial charge >= 0.3 is 0 Å². The fourth-order valence-corrected chi connectivity index (χ4v) is 3.34. The minimum absolute atomic E-state index is 0.488. The van der Waals surface area contributed by atoms with Crippen LogP contribution in [0, 0.1) is 12.3 Å². The summed E-state index contributed by atoms with van der Waals surface area (Å²) >= 11 is 0. The number of aryl methyl sites for hydroxylation is 1. The Morgan fingerprint density at radius 2 is 1.33 bits per heavy atom. The molecule has 4 heteroatoms. The number of nitrogens with one attached hydrogen (secondary N) is 1. The highest BCUT2D eigenvalue weighted by molar-refractivity contribution is 5.43. The molecule has 0 radical (unpaired) electrons. The number of rotatable bonds is 14. The van der Waals surface area contributed by atoms with E-state index in [1.807, 2.05) is 66.7 Å². The predicted octanol–water partition coefficient (Wildman–Crippen LogP) is 10.7. The smallest absolute Gasteiger partial charge is 0.153 e. The Balaban J connectivity index is -0.000000573. The number of ether oxygens (including phenoxy) is 2. The van der Waals surface area contributed by atoms with Crippen LogP contribution in [0.2, 0.25) is 0 Å². The molecule has 0 aliphatic rings. The number of benzene rings is 2. The van der Waals surface area contributed by atoms with Crippen molar-refractivity contribution in [2.45, 2.75) is 128 Å². The summed E-state index contributed by atoms with van der Waals surface area (Å²) in [5, 5.41) is 0. The van der Waals surface area contributed by atoms with Crippen molar-refractivity contribution in [1.29, 1.82) is 0 Å². The van der Waals surface area contributed by atoms with Gasteiger partial charge in [0.2, 0.25) is 0 Å². The topological polar surface area (TPSA) is 39.7 Å². The van der Waals surface area contributed by atoms with E-state index in [2.05, 4.69) is 64.4 Å². The molecule has 39 heavy (non-hydrogen) atoms. The van der Waals surface area contributed by atoms with E-state index < -0.39 is 0 Å². The summed E-state index contributed by atoms with van der Waals surface area (Å²) in [4.78, 5) is 5.23. The van der Waals surface area contributed by atoms with Gasteiger partial charge in [0, 0.05) is 19.2 Å². The zero-order valence-electron chi connectivity index (χ0n) is 28.1. The van der Waals surface area contributed by atoms with E-state index >= 15 is 0 Å². The van der Waals surface area contributed by atoms with Crippen LogP contribution in [0.15, 0.2) is 42.5 Å². The van der Waals surface area contributed by atoms with Gasteiger partial charge in [0.1, 0.15) is 5.75 Å². The van der Waals surface area contributed by atoms with Crippen LogP contribution in [0.5, 0.6) is 11.5 Å². The molecule has 0 aliphatic heterocycles. The zero-order chi connectivity index (χ0) is 30.5. The molecule has 0 aliphatic carbocycles. The molecule has 0 atom stereocenters. The maximum Gasteiger partial charge on any atom is 0.153 e. The van der Waals surface area contributed by atoms with Crippen LogP contribution in [0.4, 0.5) is 0 Å². The summed E-state index contributed by atoms with van der Waals surface area (Å²) in [6.45, 7) is 27.6. The second kappa shape index (κ2) is 29.0.